The molecule has 19 heavy (non-hydrogen) atoms. The third-order valence-corrected chi connectivity index (χ3v) is 3.00. The first-order chi connectivity index (χ1) is 8.83. The Morgan fingerprint density at radius 1 is 1.37 bits per heavy atom. The number of aliphatic hydroxyl groups excluding tert-OH is 1. The third kappa shape index (κ3) is 5.74. The van der Waals surface area contributed by atoms with E-state index in [9.17, 15) is 0 Å². The zero-order chi connectivity index (χ0) is 14.5. The summed E-state index contributed by atoms with van der Waals surface area (Å²) in [6.07, 6.45) is 4.73. The summed E-state index contributed by atoms with van der Waals surface area (Å²) in [5.41, 5.74) is 0.255. The molecule has 0 aliphatic heterocycles. The van der Waals surface area contributed by atoms with Crippen LogP contribution in [0.15, 0.2) is 12.4 Å². The van der Waals surface area contributed by atoms with Crippen LogP contribution in [0.4, 0.5) is 0 Å². The van der Waals surface area contributed by atoms with Gasteiger partial charge in [0.1, 0.15) is 5.82 Å². The third-order valence-electron chi connectivity index (χ3n) is 3.00. The van der Waals surface area contributed by atoms with E-state index in [1.54, 1.807) is 0 Å². The largest absolute Gasteiger partial charge is 0.396 e. The summed E-state index contributed by atoms with van der Waals surface area (Å²) in [5, 5.41) is 9.03. The van der Waals surface area contributed by atoms with E-state index in [1.807, 2.05) is 12.4 Å². The Kier molecular flexibility index (Phi) is 6.01. The number of aromatic nitrogens is 2. The lowest BCUT2D eigenvalue weighted by atomic mass is 9.96. The van der Waals surface area contributed by atoms with E-state index >= 15 is 0 Å². The molecule has 110 valence electrons. The standard InChI is InChI=1S/C15H29N3O/c1-13(2)18-9-7-16-14(18)11-17(8-6-10-19)12-15(3,4)5/h7,9,13,19H,6,8,10-12H2,1-5H3. The minimum absolute atomic E-state index is 0.249. The van der Waals surface area contributed by atoms with E-state index in [-0.39, 0.29) is 12.0 Å². The van der Waals surface area contributed by atoms with Crippen molar-refractivity contribution in [1.82, 2.24) is 14.5 Å². The van der Waals surface area contributed by atoms with Crippen molar-refractivity contribution in [2.45, 2.75) is 53.6 Å². The number of aliphatic hydroxyl groups is 1. The summed E-state index contributed by atoms with van der Waals surface area (Å²) in [7, 11) is 0. The molecule has 0 spiro atoms. The first kappa shape index (κ1) is 16.2. The molecule has 4 nitrogen and oxygen atoms in total. The lowest BCUT2D eigenvalue weighted by Gasteiger charge is -2.30. The average Bonchev–Trinajstić information content (AvgIpc) is 2.72. The SMILES string of the molecule is CC(C)n1ccnc1CN(CCCO)CC(C)(C)C. The van der Waals surface area contributed by atoms with Gasteiger partial charge in [0.15, 0.2) is 0 Å². The molecule has 4 heteroatoms. The van der Waals surface area contributed by atoms with Gasteiger partial charge in [-0.1, -0.05) is 20.8 Å². The maximum absolute atomic E-state index is 9.03. The van der Waals surface area contributed by atoms with Crippen molar-refractivity contribution < 1.29 is 5.11 Å². The minimum Gasteiger partial charge on any atom is -0.396 e. The van der Waals surface area contributed by atoms with E-state index in [0.29, 0.717) is 6.04 Å². The molecule has 0 atom stereocenters. The summed E-state index contributed by atoms with van der Waals surface area (Å²) in [6.45, 7) is 14.1. The predicted octanol–water partition coefficient (Wildman–Crippen LogP) is 2.69. The molecule has 0 aliphatic rings. The Labute approximate surface area is 117 Å². The molecular weight excluding hydrogens is 238 g/mol. The summed E-state index contributed by atoms with van der Waals surface area (Å²) < 4.78 is 2.22. The van der Waals surface area contributed by atoms with Crippen LogP contribution in [0.5, 0.6) is 0 Å². The monoisotopic (exact) mass is 267 g/mol. The van der Waals surface area contributed by atoms with Gasteiger partial charge < -0.3 is 9.67 Å². The first-order valence-electron chi connectivity index (χ1n) is 7.18. The van der Waals surface area contributed by atoms with Crippen molar-refractivity contribution in [3.8, 4) is 0 Å². The summed E-state index contributed by atoms with van der Waals surface area (Å²) in [6, 6.07) is 0.437. The molecule has 0 aliphatic carbocycles. The van der Waals surface area contributed by atoms with Crippen LogP contribution in [-0.4, -0.2) is 39.3 Å². The molecule has 0 unspecified atom stereocenters. The lowest BCUT2D eigenvalue weighted by molar-refractivity contribution is 0.161. The maximum atomic E-state index is 9.03. The highest BCUT2D eigenvalue weighted by Gasteiger charge is 2.18. The van der Waals surface area contributed by atoms with Crippen LogP contribution in [0, 0.1) is 5.41 Å². The van der Waals surface area contributed by atoms with E-state index in [0.717, 1.165) is 31.9 Å². The fourth-order valence-corrected chi connectivity index (χ4v) is 2.32. The quantitative estimate of drug-likeness (QED) is 0.826. The van der Waals surface area contributed by atoms with Crippen LogP contribution in [-0.2, 0) is 6.54 Å². The van der Waals surface area contributed by atoms with Crippen LogP contribution < -0.4 is 0 Å². The minimum atomic E-state index is 0.249. The molecule has 0 amide bonds. The van der Waals surface area contributed by atoms with Crippen LogP contribution >= 0.6 is 0 Å². The van der Waals surface area contributed by atoms with E-state index in [2.05, 4.69) is 49.1 Å². The first-order valence-corrected chi connectivity index (χ1v) is 7.18. The van der Waals surface area contributed by atoms with Crippen molar-refractivity contribution in [3.63, 3.8) is 0 Å². The van der Waals surface area contributed by atoms with Crippen molar-refractivity contribution in [3.05, 3.63) is 18.2 Å². The topological polar surface area (TPSA) is 41.3 Å². The van der Waals surface area contributed by atoms with Gasteiger partial charge in [-0.25, -0.2) is 4.98 Å². The van der Waals surface area contributed by atoms with Gasteiger partial charge in [0.05, 0.1) is 6.54 Å². The van der Waals surface area contributed by atoms with Crippen LogP contribution in [0.1, 0.15) is 52.9 Å². The van der Waals surface area contributed by atoms with E-state index < -0.39 is 0 Å². The van der Waals surface area contributed by atoms with Gasteiger partial charge in [-0.2, -0.15) is 0 Å². The van der Waals surface area contributed by atoms with Crippen molar-refractivity contribution >= 4 is 0 Å². The van der Waals surface area contributed by atoms with Crippen molar-refractivity contribution in [2.24, 2.45) is 5.41 Å². The molecule has 0 saturated heterocycles. The molecule has 1 N–H and O–H groups in total. The Balaban J connectivity index is 2.72. The fourth-order valence-electron chi connectivity index (χ4n) is 2.32. The Bertz CT molecular complexity index is 366. The number of imidazole rings is 1. The number of nitrogens with zero attached hydrogens (tertiary/aromatic N) is 3. The zero-order valence-corrected chi connectivity index (χ0v) is 13.1. The molecule has 0 radical (unpaired) electrons. The van der Waals surface area contributed by atoms with Crippen LogP contribution in [0.3, 0.4) is 0 Å². The molecule has 1 heterocycles. The Hall–Kier alpha value is -0.870. The highest BCUT2D eigenvalue weighted by atomic mass is 16.3. The Morgan fingerprint density at radius 3 is 2.58 bits per heavy atom. The van der Waals surface area contributed by atoms with Gasteiger partial charge in [-0.05, 0) is 25.7 Å². The van der Waals surface area contributed by atoms with Crippen LogP contribution in [0.2, 0.25) is 0 Å². The lowest BCUT2D eigenvalue weighted by Crippen LogP contribution is -2.34. The molecule has 0 saturated carbocycles. The van der Waals surface area contributed by atoms with Gasteiger partial charge in [-0.3, -0.25) is 4.90 Å². The number of hydrogen-bond acceptors (Lipinski definition) is 3. The second-order valence-corrected chi connectivity index (χ2v) is 6.69. The average molecular weight is 267 g/mol. The fraction of sp³-hybridized carbons (Fsp3) is 0.800. The molecule has 1 aromatic heterocycles. The van der Waals surface area contributed by atoms with Gasteiger partial charge in [0, 0.05) is 38.1 Å². The van der Waals surface area contributed by atoms with E-state index in [1.165, 1.54) is 0 Å². The highest BCUT2D eigenvalue weighted by Crippen LogP contribution is 2.18. The molecule has 0 bridgehead atoms. The molecule has 0 fully saturated rings. The van der Waals surface area contributed by atoms with Gasteiger partial charge in [-0.15, -0.1) is 0 Å². The summed E-state index contributed by atoms with van der Waals surface area (Å²) in [5.74, 6) is 1.11. The highest BCUT2D eigenvalue weighted by molar-refractivity contribution is 4.94. The molecule has 1 aromatic rings. The second kappa shape index (κ2) is 7.06. The summed E-state index contributed by atoms with van der Waals surface area (Å²) in [4.78, 5) is 6.86. The molecular formula is C15H29N3O. The molecule has 0 aromatic carbocycles. The second-order valence-electron chi connectivity index (χ2n) is 6.69. The van der Waals surface area contributed by atoms with E-state index in [4.69, 9.17) is 5.11 Å². The van der Waals surface area contributed by atoms with Gasteiger partial charge in [0.25, 0.3) is 0 Å². The molecule has 1 rings (SSSR count). The summed E-state index contributed by atoms with van der Waals surface area (Å²) >= 11 is 0. The predicted molar refractivity (Wildman–Crippen MR) is 79.0 cm³/mol. The maximum Gasteiger partial charge on any atom is 0.123 e. The van der Waals surface area contributed by atoms with Gasteiger partial charge >= 0.3 is 0 Å². The smallest absolute Gasteiger partial charge is 0.123 e. The number of rotatable bonds is 7. The van der Waals surface area contributed by atoms with Gasteiger partial charge in [0.2, 0.25) is 0 Å². The number of hydrogen-bond donors (Lipinski definition) is 1. The normalized spacial score (nSPS) is 12.6. The van der Waals surface area contributed by atoms with Crippen LogP contribution in [0.25, 0.3) is 0 Å². The van der Waals surface area contributed by atoms with Crippen molar-refractivity contribution in [2.75, 3.05) is 19.7 Å². The Morgan fingerprint density at radius 2 is 2.05 bits per heavy atom. The van der Waals surface area contributed by atoms with Crippen molar-refractivity contribution in [1.29, 1.82) is 0 Å². The zero-order valence-electron chi connectivity index (χ0n) is 13.1.